The quantitative estimate of drug-likeness (QED) is 0.668. The molecule has 1 heterocycles. The van der Waals surface area contributed by atoms with Crippen LogP contribution in [0.1, 0.15) is 5.56 Å². The monoisotopic (exact) mass is 338 g/mol. The molecule has 18 heavy (non-hydrogen) atoms. The first-order valence-corrected chi connectivity index (χ1v) is 7.06. The van der Waals surface area contributed by atoms with Gasteiger partial charge >= 0.3 is 6.18 Å². The number of aryl methyl sites for hydroxylation is 1. The van der Waals surface area contributed by atoms with Crippen LogP contribution in [0.15, 0.2) is 23.4 Å². The molecule has 0 fully saturated rings. The number of aromatic amines is 1. The summed E-state index contributed by atoms with van der Waals surface area (Å²) in [5, 5.41) is 0.504. The number of rotatable bonds is 3. The molecule has 2 aromatic rings. The van der Waals surface area contributed by atoms with Crippen molar-refractivity contribution < 1.29 is 13.2 Å². The van der Waals surface area contributed by atoms with Crippen molar-refractivity contribution in [2.24, 2.45) is 0 Å². The maximum absolute atomic E-state index is 12.3. The third-order valence-corrected chi connectivity index (χ3v) is 4.58. The summed E-state index contributed by atoms with van der Waals surface area (Å²) in [5.74, 6) is -0.109. The molecule has 0 bridgehead atoms. The zero-order chi connectivity index (χ0) is 13.3. The van der Waals surface area contributed by atoms with E-state index in [4.69, 9.17) is 0 Å². The molecular formula is C11H10BrF3N2S. The fourth-order valence-electron chi connectivity index (χ4n) is 1.42. The Morgan fingerprint density at radius 1 is 1.44 bits per heavy atom. The van der Waals surface area contributed by atoms with E-state index in [1.807, 2.05) is 25.1 Å². The van der Waals surface area contributed by atoms with E-state index in [1.165, 1.54) is 0 Å². The second kappa shape index (κ2) is 5.13. The first-order valence-electron chi connectivity index (χ1n) is 5.16. The van der Waals surface area contributed by atoms with E-state index in [-0.39, 0.29) is 5.75 Å². The van der Waals surface area contributed by atoms with Gasteiger partial charge in [-0.15, -0.1) is 0 Å². The van der Waals surface area contributed by atoms with Crippen LogP contribution in [0.25, 0.3) is 11.0 Å². The standard InChI is InChI=1S/C11H10BrF3N2S/c1-6-2-3-7-8(4-6)17-10(16-7)18-5-9(12)11(13,14)15/h2-4,9H,5H2,1H3,(H,16,17). The average molecular weight is 339 g/mol. The zero-order valence-electron chi connectivity index (χ0n) is 9.38. The number of alkyl halides is 4. The fourth-order valence-corrected chi connectivity index (χ4v) is 2.65. The van der Waals surface area contributed by atoms with Gasteiger partial charge in [0, 0.05) is 5.75 Å². The van der Waals surface area contributed by atoms with Crippen LogP contribution < -0.4 is 0 Å². The second-order valence-corrected chi connectivity index (χ2v) is 6.00. The van der Waals surface area contributed by atoms with E-state index in [0.717, 1.165) is 28.4 Å². The molecule has 98 valence electrons. The predicted molar refractivity (Wildman–Crippen MR) is 70.3 cm³/mol. The number of thioether (sulfide) groups is 1. The molecule has 0 aliphatic heterocycles. The van der Waals surface area contributed by atoms with Gasteiger partial charge in [0.05, 0.1) is 11.0 Å². The fraction of sp³-hybridized carbons (Fsp3) is 0.364. The van der Waals surface area contributed by atoms with Crippen LogP contribution in [0.3, 0.4) is 0 Å². The molecule has 0 saturated heterocycles. The highest BCUT2D eigenvalue weighted by Crippen LogP contribution is 2.31. The molecular weight excluding hydrogens is 329 g/mol. The third kappa shape index (κ3) is 3.20. The number of H-pyrrole nitrogens is 1. The topological polar surface area (TPSA) is 28.7 Å². The van der Waals surface area contributed by atoms with Crippen LogP contribution in [-0.2, 0) is 0 Å². The SMILES string of the molecule is Cc1ccc2nc(SCC(Br)C(F)(F)F)[nH]c2c1. The van der Waals surface area contributed by atoms with Crippen LogP contribution in [0, 0.1) is 6.92 Å². The number of nitrogens with zero attached hydrogens (tertiary/aromatic N) is 1. The molecule has 0 saturated carbocycles. The summed E-state index contributed by atoms with van der Waals surface area (Å²) in [6.45, 7) is 1.95. The average Bonchev–Trinajstić information content (AvgIpc) is 2.66. The molecule has 1 N–H and O–H groups in total. The van der Waals surface area contributed by atoms with Gasteiger partial charge in [0.1, 0.15) is 4.83 Å². The first kappa shape index (κ1) is 13.7. The molecule has 1 atom stereocenters. The summed E-state index contributed by atoms with van der Waals surface area (Å²) in [7, 11) is 0. The molecule has 2 nitrogen and oxygen atoms in total. The van der Waals surface area contributed by atoms with Crippen molar-refractivity contribution in [1.29, 1.82) is 0 Å². The molecule has 1 aromatic carbocycles. The van der Waals surface area contributed by atoms with Crippen LogP contribution in [0.4, 0.5) is 13.2 Å². The van der Waals surface area contributed by atoms with Gasteiger partial charge in [-0.3, -0.25) is 0 Å². The molecule has 0 aliphatic carbocycles. The van der Waals surface area contributed by atoms with Gasteiger partial charge in [0.25, 0.3) is 0 Å². The molecule has 7 heteroatoms. The van der Waals surface area contributed by atoms with Crippen molar-refractivity contribution in [3.05, 3.63) is 23.8 Å². The van der Waals surface area contributed by atoms with Gasteiger partial charge in [-0.05, 0) is 24.6 Å². The van der Waals surface area contributed by atoms with Crippen molar-refractivity contribution in [1.82, 2.24) is 9.97 Å². The minimum atomic E-state index is -4.23. The Balaban J connectivity index is 2.09. The van der Waals surface area contributed by atoms with E-state index < -0.39 is 11.0 Å². The van der Waals surface area contributed by atoms with E-state index in [2.05, 4.69) is 25.9 Å². The van der Waals surface area contributed by atoms with Crippen LogP contribution in [0.5, 0.6) is 0 Å². The van der Waals surface area contributed by atoms with Gasteiger partial charge in [0.2, 0.25) is 0 Å². The van der Waals surface area contributed by atoms with Gasteiger partial charge < -0.3 is 4.98 Å². The largest absolute Gasteiger partial charge is 0.402 e. The van der Waals surface area contributed by atoms with Gasteiger partial charge in [-0.1, -0.05) is 33.8 Å². The molecule has 1 aromatic heterocycles. The summed E-state index contributed by atoms with van der Waals surface area (Å²) < 4.78 is 37.0. The van der Waals surface area contributed by atoms with Crippen LogP contribution in [-0.4, -0.2) is 26.7 Å². The number of hydrogen-bond donors (Lipinski definition) is 1. The Bertz CT molecular complexity index is 553. The lowest BCUT2D eigenvalue weighted by Gasteiger charge is -2.11. The van der Waals surface area contributed by atoms with Crippen molar-refractivity contribution in [3.63, 3.8) is 0 Å². The van der Waals surface area contributed by atoms with Crippen molar-refractivity contribution >= 4 is 38.7 Å². The highest BCUT2D eigenvalue weighted by atomic mass is 79.9. The molecule has 0 amide bonds. The van der Waals surface area contributed by atoms with Crippen molar-refractivity contribution in [2.75, 3.05) is 5.75 Å². The number of halogens is 4. The number of benzene rings is 1. The van der Waals surface area contributed by atoms with E-state index >= 15 is 0 Å². The molecule has 2 rings (SSSR count). The lowest BCUT2D eigenvalue weighted by Crippen LogP contribution is -2.24. The van der Waals surface area contributed by atoms with E-state index in [9.17, 15) is 13.2 Å². The zero-order valence-corrected chi connectivity index (χ0v) is 11.8. The highest BCUT2D eigenvalue weighted by molar-refractivity contribution is 9.09. The normalized spacial score (nSPS) is 14.1. The smallest absolute Gasteiger partial charge is 0.333 e. The third-order valence-electron chi connectivity index (χ3n) is 2.34. The number of hydrogen-bond acceptors (Lipinski definition) is 2. The van der Waals surface area contributed by atoms with Gasteiger partial charge in [-0.25, -0.2) is 4.98 Å². The lowest BCUT2D eigenvalue weighted by atomic mass is 10.2. The summed E-state index contributed by atoms with van der Waals surface area (Å²) in [4.78, 5) is 5.71. The number of nitrogens with one attached hydrogen (secondary N) is 1. The number of aromatic nitrogens is 2. The number of imidazole rings is 1. The van der Waals surface area contributed by atoms with Crippen molar-refractivity contribution in [3.8, 4) is 0 Å². The minimum Gasteiger partial charge on any atom is -0.333 e. The summed E-state index contributed by atoms with van der Waals surface area (Å²) in [5.41, 5.74) is 2.69. The Labute approximate surface area is 114 Å². The number of fused-ring (bicyclic) bond motifs is 1. The van der Waals surface area contributed by atoms with Gasteiger partial charge in [0.15, 0.2) is 5.16 Å². The summed E-state index contributed by atoms with van der Waals surface area (Å²) in [6, 6.07) is 5.68. The molecule has 1 unspecified atom stereocenters. The van der Waals surface area contributed by atoms with E-state index in [1.54, 1.807) is 0 Å². The van der Waals surface area contributed by atoms with Crippen molar-refractivity contribution in [2.45, 2.75) is 23.1 Å². The maximum Gasteiger partial charge on any atom is 0.402 e. The lowest BCUT2D eigenvalue weighted by molar-refractivity contribution is -0.122. The van der Waals surface area contributed by atoms with Crippen LogP contribution >= 0.6 is 27.7 Å². The van der Waals surface area contributed by atoms with Crippen LogP contribution in [0.2, 0.25) is 0 Å². The molecule has 0 radical (unpaired) electrons. The van der Waals surface area contributed by atoms with E-state index in [0.29, 0.717) is 5.16 Å². The predicted octanol–water partition coefficient (Wildman–Crippen LogP) is 4.29. The molecule has 0 aliphatic rings. The highest BCUT2D eigenvalue weighted by Gasteiger charge is 2.37. The molecule has 0 spiro atoms. The second-order valence-electron chi connectivity index (χ2n) is 3.88. The van der Waals surface area contributed by atoms with Gasteiger partial charge in [-0.2, -0.15) is 13.2 Å². The Morgan fingerprint density at radius 3 is 2.83 bits per heavy atom. The first-order chi connectivity index (χ1) is 8.36. The summed E-state index contributed by atoms with van der Waals surface area (Å²) >= 11 is 3.68. The summed E-state index contributed by atoms with van der Waals surface area (Å²) in [6.07, 6.45) is -4.23. The Morgan fingerprint density at radius 2 is 2.17 bits per heavy atom. The Hall–Kier alpha value is -0.690. The minimum absolute atomic E-state index is 0.109. The Kier molecular flexibility index (Phi) is 3.91. The maximum atomic E-state index is 12.3.